The summed E-state index contributed by atoms with van der Waals surface area (Å²) in [4.78, 5) is 12.5. The molecule has 2 aromatic rings. The Morgan fingerprint density at radius 2 is 1.77 bits per heavy atom. The number of hydrazine groups is 2. The Labute approximate surface area is 175 Å². The van der Waals surface area contributed by atoms with Crippen LogP contribution in [-0.2, 0) is 21.0 Å². The van der Waals surface area contributed by atoms with E-state index in [1.165, 1.54) is 18.2 Å². The molecule has 1 saturated heterocycles. The highest BCUT2D eigenvalue weighted by Crippen LogP contribution is 2.36. The number of amides is 1. The van der Waals surface area contributed by atoms with Gasteiger partial charge in [0.1, 0.15) is 12.2 Å². The molecule has 0 saturated carbocycles. The van der Waals surface area contributed by atoms with Crippen molar-refractivity contribution in [1.29, 1.82) is 0 Å². The van der Waals surface area contributed by atoms with E-state index < -0.39 is 44.9 Å². The van der Waals surface area contributed by atoms with Gasteiger partial charge < -0.3 is 5.32 Å². The average molecular weight is 464 g/mol. The summed E-state index contributed by atoms with van der Waals surface area (Å²) in [5.74, 6) is -0.778. The molecule has 162 valence electrons. The predicted molar refractivity (Wildman–Crippen MR) is 104 cm³/mol. The highest BCUT2D eigenvalue weighted by atomic mass is 35.5. The predicted octanol–water partition coefficient (Wildman–Crippen LogP) is 1.89. The van der Waals surface area contributed by atoms with Gasteiger partial charge in [0.15, 0.2) is 0 Å². The van der Waals surface area contributed by atoms with Crippen molar-refractivity contribution >= 4 is 33.2 Å². The van der Waals surface area contributed by atoms with Gasteiger partial charge in [0.05, 0.1) is 15.5 Å². The summed E-state index contributed by atoms with van der Waals surface area (Å²) in [6.07, 6.45) is -5.82. The van der Waals surface area contributed by atoms with Gasteiger partial charge in [-0.25, -0.2) is 19.3 Å². The highest BCUT2D eigenvalue weighted by Gasteiger charge is 2.37. The molecule has 0 radical (unpaired) electrons. The second kappa shape index (κ2) is 8.49. The van der Waals surface area contributed by atoms with Crippen LogP contribution in [0.1, 0.15) is 11.1 Å². The Hall–Kier alpha value is -2.22. The van der Waals surface area contributed by atoms with Gasteiger partial charge >= 0.3 is 6.18 Å². The highest BCUT2D eigenvalue weighted by molar-refractivity contribution is 7.89. The molecule has 0 spiro atoms. The molecule has 13 heteroatoms. The number of aryl methyl sites for hydroxylation is 1. The van der Waals surface area contributed by atoms with Crippen LogP contribution in [0.25, 0.3) is 0 Å². The molecule has 1 heterocycles. The van der Waals surface area contributed by atoms with Gasteiger partial charge in [0.2, 0.25) is 15.9 Å². The van der Waals surface area contributed by atoms with Gasteiger partial charge in [-0.1, -0.05) is 29.3 Å². The quantitative estimate of drug-likeness (QED) is 0.463. The van der Waals surface area contributed by atoms with Gasteiger partial charge in [-0.05, 0) is 37.3 Å². The maximum Gasteiger partial charge on any atom is 0.417 e. The molecule has 8 nitrogen and oxygen atoms in total. The molecule has 2 aromatic carbocycles. The molecule has 1 aliphatic rings. The Balaban J connectivity index is 1.74. The Bertz CT molecular complexity index is 1050. The number of hydrogen-bond acceptors (Lipinski definition) is 6. The van der Waals surface area contributed by atoms with Crippen molar-refractivity contribution in [2.75, 3.05) is 5.32 Å². The number of alkyl halides is 3. The van der Waals surface area contributed by atoms with Crippen LogP contribution in [0, 0.1) is 6.92 Å². The summed E-state index contributed by atoms with van der Waals surface area (Å²) in [7, 11) is -3.97. The zero-order chi connectivity index (χ0) is 22.1. The summed E-state index contributed by atoms with van der Waals surface area (Å²) < 4.78 is 66.4. The fraction of sp³-hybridized carbons (Fsp3) is 0.235. The molecule has 0 bridgehead atoms. The van der Waals surface area contributed by atoms with E-state index in [1.54, 1.807) is 19.1 Å². The summed E-state index contributed by atoms with van der Waals surface area (Å²) >= 11 is 5.57. The van der Waals surface area contributed by atoms with E-state index >= 15 is 0 Å². The SMILES string of the molecule is Cc1ccc(S(=O)(=O)NC2NNNC2C(=O)Nc2ccc(Cl)c(C(F)(F)F)c2)cc1. The number of rotatable bonds is 5. The Morgan fingerprint density at radius 1 is 1.10 bits per heavy atom. The number of nitrogens with one attached hydrogen (secondary N) is 5. The molecule has 2 unspecified atom stereocenters. The molecule has 30 heavy (non-hydrogen) atoms. The fourth-order valence-electron chi connectivity index (χ4n) is 2.67. The number of carbonyl (C=O) groups is 1. The van der Waals surface area contributed by atoms with Crippen LogP contribution in [-0.4, -0.2) is 26.5 Å². The van der Waals surface area contributed by atoms with E-state index in [1.807, 2.05) is 0 Å². The minimum atomic E-state index is -4.70. The van der Waals surface area contributed by atoms with Crippen LogP contribution < -0.4 is 26.4 Å². The number of halogens is 4. The number of benzene rings is 2. The standard InChI is InChI=1S/C17H17ClF3N5O3S/c1-9-2-5-11(6-3-9)30(28,29)25-15-14(23-26-24-15)16(27)22-10-4-7-13(18)12(8-10)17(19,20)21/h2-8,14-15,23-26H,1H3,(H,22,27). The first-order chi connectivity index (χ1) is 14.0. The second-order valence-corrected chi connectivity index (χ2v) is 8.61. The molecular formula is C17H17ClF3N5O3S. The summed E-state index contributed by atoms with van der Waals surface area (Å²) in [5, 5.41) is 1.80. The maximum absolute atomic E-state index is 13.0. The first kappa shape index (κ1) is 22.5. The molecule has 2 atom stereocenters. The summed E-state index contributed by atoms with van der Waals surface area (Å²) in [5.41, 5.74) is 7.11. The minimum Gasteiger partial charge on any atom is -0.325 e. The van der Waals surface area contributed by atoms with Gasteiger partial charge in [-0.3, -0.25) is 4.79 Å². The fourth-order valence-corrected chi connectivity index (χ4v) is 4.06. The Morgan fingerprint density at radius 3 is 2.40 bits per heavy atom. The first-order valence-corrected chi connectivity index (χ1v) is 10.4. The third-order valence-corrected chi connectivity index (χ3v) is 6.01. The molecule has 0 aliphatic carbocycles. The van der Waals surface area contributed by atoms with Crippen molar-refractivity contribution in [3.8, 4) is 0 Å². The summed E-state index contributed by atoms with van der Waals surface area (Å²) in [6, 6.07) is 7.81. The molecule has 1 aliphatic heterocycles. The van der Waals surface area contributed by atoms with E-state index in [2.05, 4.69) is 26.4 Å². The lowest BCUT2D eigenvalue weighted by Crippen LogP contribution is -2.53. The van der Waals surface area contributed by atoms with Gasteiger partial charge in [0.25, 0.3) is 0 Å². The van der Waals surface area contributed by atoms with Crippen LogP contribution in [0.4, 0.5) is 18.9 Å². The number of carbonyl (C=O) groups excluding carboxylic acids is 1. The Kier molecular flexibility index (Phi) is 6.36. The van der Waals surface area contributed by atoms with Crippen molar-refractivity contribution in [2.45, 2.75) is 30.2 Å². The van der Waals surface area contributed by atoms with E-state index in [-0.39, 0.29) is 10.6 Å². The van der Waals surface area contributed by atoms with Gasteiger partial charge in [-0.15, -0.1) is 0 Å². The van der Waals surface area contributed by atoms with E-state index in [0.717, 1.165) is 11.6 Å². The van der Waals surface area contributed by atoms with Crippen molar-refractivity contribution in [2.24, 2.45) is 0 Å². The first-order valence-electron chi connectivity index (χ1n) is 8.50. The van der Waals surface area contributed by atoms with Crippen LogP contribution in [0.5, 0.6) is 0 Å². The van der Waals surface area contributed by atoms with E-state index in [9.17, 15) is 26.4 Å². The maximum atomic E-state index is 13.0. The van der Waals surface area contributed by atoms with Crippen LogP contribution in [0.3, 0.4) is 0 Å². The van der Waals surface area contributed by atoms with Crippen molar-refractivity contribution in [3.63, 3.8) is 0 Å². The average Bonchev–Trinajstić information content (AvgIpc) is 3.10. The van der Waals surface area contributed by atoms with Crippen LogP contribution in [0.2, 0.25) is 5.02 Å². The van der Waals surface area contributed by atoms with Crippen molar-refractivity contribution in [1.82, 2.24) is 21.1 Å². The monoisotopic (exact) mass is 463 g/mol. The van der Waals surface area contributed by atoms with Crippen LogP contribution >= 0.6 is 11.6 Å². The lowest BCUT2D eigenvalue weighted by Gasteiger charge is -2.19. The third kappa shape index (κ3) is 5.09. The van der Waals surface area contributed by atoms with Crippen molar-refractivity contribution in [3.05, 3.63) is 58.6 Å². The second-order valence-electron chi connectivity index (χ2n) is 6.48. The van der Waals surface area contributed by atoms with E-state index in [4.69, 9.17) is 11.6 Å². The molecule has 1 amide bonds. The molecule has 3 rings (SSSR count). The minimum absolute atomic E-state index is 0.00604. The lowest BCUT2D eigenvalue weighted by atomic mass is 10.1. The number of sulfonamides is 1. The van der Waals surface area contributed by atoms with Gasteiger partial charge in [-0.2, -0.15) is 23.4 Å². The normalized spacial score (nSPS) is 19.6. The summed E-state index contributed by atoms with van der Waals surface area (Å²) in [6.45, 7) is 1.80. The largest absolute Gasteiger partial charge is 0.417 e. The number of anilines is 1. The molecule has 1 fully saturated rings. The molecular weight excluding hydrogens is 447 g/mol. The smallest absolute Gasteiger partial charge is 0.325 e. The zero-order valence-electron chi connectivity index (χ0n) is 15.3. The lowest BCUT2D eigenvalue weighted by molar-refractivity contribution is -0.137. The topological polar surface area (TPSA) is 111 Å². The van der Waals surface area contributed by atoms with Crippen molar-refractivity contribution < 1.29 is 26.4 Å². The van der Waals surface area contributed by atoms with Crippen LogP contribution in [0.15, 0.2) is 47.4 Å². The zero-order valence-corrected chi connectivity index (χ0v) is 16.9. The third-order valence-electron chi connectivity index (χ3n) is 4.22. The molecule has 5 N–H and O–H groups in total. The van der Waals surface area contributed by atoms with Gasteiger partial charge in [0, 0.05) is 5.69 Å². The molecule has 0 aromatic heterocycles. The van der Waals surface area contributed by atoms with E-state index in [0.29, 0.717) is 6.07 Å². The number of hydrogen-bond donors (Lipinski definition) is 5.